The fourth-order valence-electron chi connectivity index (χ4n) is 3.20. The molecule has 0 atom stereocenters. The van der Waals surface area contributed by atoms with E-state index in [2.05, 4.69) is 11.9 Å². The number of ether oxygens (including phenoxy) is 1. The maximum atomic E-state index is 11.7. The number of aryl methyl sites for hydroxylation is 1. The molecule has 2 aromatic rings. The van der Waals surface area contributed by atoms with E-state index < -0.39 is 0 Å². The third kappa shape index (κ3) is 5.80. The van der Waals surface area contributed by atoms with Crippen LogP contribution >= 0.6 is 0 Å². The number of nitrogens with one attached hydrogen (secondary N) is 1. The van der Waals surface area contributed by atoms with Gasteiger partial charge in [-0.3, -0.25) is 4.57 Å². The molecule has 0 spiro atoms. The zero-order valence-electron chi connectivity index (χ0n) is 15.9. The molecule has 1 heterocycles. The number of hydrogen-bond acceptors (Lipinski definition) is 2. The fraction of sp³-hybridized carbons (Fsp3) is 0.571. The summed E-state index contributed by atoms with van der Waals surface area (Å²) < 4.78 is 7.48. The zero-order chi connectivity index (χ0) is 18.1. The normalized spacial score (nSPS) is 11.0. The van der Waals surface area contributed by atoms with Gasteiger partial charge in [0.25, 0.3) is 0 Å². The van der Waals surface area contributed by atoms with Crippen molar-refractivity contribution in [1.82, 2.24) is 9.55 Å². The fourth-order valence-corrected chi connectivity index (χ4v) is 3.20. The van der Waals surface area contributed by atoms with E-state index in [0.29, 0.717) is 0 Å². The van der Waals surface area contributed by atoms with Gasteiger partial charge in [0.2, 0.25) is 0 Å². The molecular formula is C21H32N2O2. The number of nitrogens with zero attached hydrogens (tertiary/aromatic N) is 1. The van der Waals surface area contributed by atoms with Gasteiger partial charge in [-0.25, -0.2) is 4.79 Å². The van der Waals surface area contributed by atoms with Crippen LogP contribution in [0, 0.1) is 6.92 Å². The van der Waals surface area contributed by atoms with Crippen molar-refractivity contribution in [1.29, 1.82) is 0 Å². The van der Waals surface area contributed by atoms with E-state index in [0.717, 1.165) is 35.7 Å². The molecule has 0 fully saturated rings. The second kappa shape index (κ2) is 10.1. The van der Waals surface area contributed by atoms with Crippen LogP contribution in [0.5, 0.6) is 5.75 Å². The lowest BCUT2D eigenvalue weighted by molar-refractivity contribution is 0.304. The minimum Gasteiger partial charge on any atom is -0.494 e. The van der Waals surface area contributed by atoms with E-state index in [1.54, 1.807) is 11.6 Å². The van der Waals surface area contributed by atoms with E-state index in [1.165, 1.54) is 44.9 Å². The second-order valence-corrected chi connectivity index (χ2v) is 6.81. The molecule has 0 saturated heterocycles. The van der Waals surface area contributed by atoms with Crippen molar-refractivity contribution in [3.05, 3.63) is 40.4 Å². The van der Waals surface area contributed by atoms with Crippen LogP contribution in [0.1, 0.15) is 64.0 Å². The maximum Gasteiger partial charge on any atom is 0.325 e. The Hall–Kier alpha value is -1.97. The number of H-pyrrole nitrogens is 1. The van der Waals surface area contributed by atoms with E-state index >= 15 is 0 Å². The molecule has 1 aromatic carbocycles. The predicted molar refractivity (Wildman–Crippen MR) is 104 cm³/mol. The second-order valence-electron chi connectivity index (χ2n) is 6.81. The number of rotatable bonds is 11. The van der Waals surface area contributed by atoms with Crippen LogP contribution < -0.4 is 10.4 Å². The summed E-state index contributed by atoms with van der Waals surface area (Å²) in [7, 11) is 1.79. The summed E-state index contributed by atoms with van der Waals surface area (Å²) in [5.74, 6) is 0.893. The first kappa shape index (κ1) is 19.4. The monoisotopic (exact) mass is 344 g/mol. The molecule has 0 aliphatic carbocycles. The Morgan fingerprint density at radius 2 is 1.56 bits per heavy atom. The molecule has 0 saturated carbocycles. The van der Waals surface area contributed by atoms with Crippen LogP contribution in [-0.2, 0) is 7.05 Å². The first-order valence-corrected chi connectivity index (χ1v) is 9.62. The number of aromatic amines is 1. The Morgan fingerprint density at radius 1 is 0.960 bits per heavy atom. The first-order chi connectivity index (χ1) is 12.1. The van der Waals surface area contributed by atoms with Gasteiger partial charge in [-0.1, -0.05) is 51.9 Å². The molecule has 0 aliphatic rings. The van der Waals surface area contributed by atoms with Crippen LogP contribution in [0.15, 0.2) is 29.1 Å². The van der Waals surface area contributed by atoms with Crippen molar-refractivity contribution in [2.45, 2.75) is 65.2 Å². The van der Waals surface area contributed by atoms with Crippen molar-refractivity contribution < 1.29 is 4.74 Å². The predicted octanol–water partition coefficient (Wildman–Crippen LogP) is 5.21. The van der Waals surface area contributed by atoms with Crippen molar-refractivity contribution >= 4 is 0 Å². The lowest BCUT2D eigenvalue weighted by atomic mass is 10.1. The van der Waals surface area contributed by atoms with Gasteiger partial charge in [0.05, 0.1) is 12.3 Å². The van der Waals surface area contributed by atoms with Crippen LogP contribution in [-0.4, -0.2) is 16.2 Å². The molecule has 1 aromatic heterocycles. The highest BCUT2D eigenvalue weighted by atomic mass is 16.5. The van der Waals surface area contributed by atoms with E-state index in [9.17, 15) is 4.79 Å². The Labute approximate surface area is 151 Å². The summed E-state index contributed by atoms with van der Waals surface area (Å²) in [6.07, 6.45) is 10.5. The van der Waals surface area contributed by atoms with Crippen LogP contribution in [0.3, 0.4) is 0 Å². The van der Waals surface area contributed by atoms with Crippen molar-refractivity contribution in [3.63, 3.8) is 0 Å². The number of imidazole rings is 1. The molecule has 1 N–H and O–H groups in total. The third-order valence-corrected chi connectivity index (χ3v) is 4.68. The lowest BCUT2D eigenvalue weighted by Gasteiger charge is -2.08. The van der Waals surface area contributed by atoms with E-state index in [1.807, 2.05) is 31.2 Å². The topological polar surface area (TPSA) is 47.0 Å². The molecule has 2 rings (SSSR count). The minimum atomic E-state index is -0.0810. The Bertz CT molecular complexity index is 683. The number of unbranched alkanes of at least 4 members (excludes halogenated alkanes) is 7. The standard InChI is InChI=1S/C21H32N2O2/c1-4-5-6-7-8-9-10-11-16-25-19-14-12-18(13-15-19)20-17(2)22-21(24)23(20)3/h12-15H,4-11,16H2,1-3H3,(H,22,24). The summed E-state index contributed by atoms with van der Waals surface area (Å²) >= 11 is 0. The molecule has 0 bridgehead atoms. The molecule has 0 aliphatic heterocycles. The summed E-state index contributed by atoms with van der Waals surface area (Å²) in [6, 6.07) is 7.99. The van der Waals surface area contributed by atoms with Crippen molar-refractivity contribution in [2.24, 2.45) is 7.05 Å². The molecular weight excluding hydrogens is 312 g/mol. The number of hydrogen-bond donors (Lipinski definition) is 1. The van der Waals surface area contributed by atoms with Gasteiger partial charge in [-0.05, 0) is 37.6 Å². The highest BCUT2D eigenvalue weighted by molar-refractivity contribution is 5.63. The van der Waals surface area contributed by atoms with Gasteiger partial charge in [-0.2, -0.15) is 0 Å². The molecule has 25 heavy (non-hydrogen) atoms. The van der Waals surface area contributed by atoms with Crippen LogP contribution in [0.2, 0.25) is 0 Å². The van der Waals surface area contributed by atoms with Crippen molar-refractivity contribution in [3.8, 4) is 17.0 Å². The average Bonchev–Trinajstić information content (AvgIpc) is 2.86. The van der Waals surface area contributed by atoms with Gasteiger partial charge in [0.15, 0.2) is 0 Å². The van der Waals surface area contributed by atoms with Gasteiger partial charge in [-0.15, -0.1) is 0 Å². The van der Waals surface area contributed by atoms with Gasteiger partial charge in [0, 0.05) is 18.3 Å². The zero-order valence-corrected chi connectivity index (χ0v) is 15.9. The lowest BCUT2D eigenvalue weighted by Crippen LogP contribution is -2.13. The minimum absolute atomic E-state index is 0.0810. The smallest absolute Gasteiger partial charge is 0.325 e. The highest BCUT2D eigenvalue weighted by Gasteiger charge is 2.09. The highest BCUT2D eigenvalue weighted by Crippen LogP contribution is 2.23. The Balaban J connectivity index is 1.71. The molecule has 0 radical (unpaired) electrons. The van der Waals surface area contributed by atoms with Gasteiger partial charge < -0.3 is 9.72 Å². The summed E-state index contributed by atoms with van der Waals surface area (Å²) in [5.41, 5.74) is 2.76. The maximum absolute atomic E-state index is 11.7. The molecule has 4 nitrogen and oxygen atoms in total. The van der Waals surface area contributed by atoms with Crippen molar-refractivity contribution in [2.75, 3.05) is 6.61 Å². The summed E-state index contributed by atoms with van der Waals surface area (Å²) in [5, 5.41) is 0. The van der Waals surface area contributed by atoms with E-state index in [4.69, 9.17) is 4.74 Å². The number of benzene rings is 1. The number of aromatic nitrogens is 2. The first-order valence-electron chi connectivity index (χ1n) is 9.62. The van der Waals surface area contributed by atoms with E-state index in [-0.39, 0.29) is 5.69 Å². The molecule has 4 heteroatoms. The quantitative estimate of drug-likeness (QED) is 0.569. The Kier molecular flexibility index (Phi) is 7.83. The van der Waals surface area contributed by atoms with Crippen LogP contribution in [0.25, 0.3) is 11.3 Å². The van der Waals surface area contributed by atoms with Gasteiger partial charge >= 0.3 is 5.69 Å². The molecule has 0 amide bonds. The average molecular weight is 344 g/mol. The Morgan fingerprint density at radius 3 is 2.12 bits per heavy atom. The largest absolute Gasteiger partial charge is 0.494 e. The van der Waals surface area contributed by atoms with Crippen LogP contribution in [0.4, 0.5) is 0 Å². The molecule has 0 unspecified atom stereocenters. The van der Waals surface area contributed by atoms with Gasteiger partial charge in [0.1, 0.15) is 5.75 Å². The SMILES string of the molecule is CCCCCCCCCCOc1ccc(-c2c(C)[nH]c(=O)n2C)cc1. The third-order valence-electron chi connectivity index (χ3n) is 4.68. The summed E-state index contributed by atoms with van der Waals surface area (Å²) in [6.45, 7) is 4.95. The molecule has 138 valence electrons. The summed E-state index contributed by atoms with van der Waals surface area (Å²) in [4.78, 5) is 14.5.